The van der Waals surface area contributed by atoms with E-state index in [9.17, 15) is 27.5 Å². The summed E-state index contributed by atoms with van der Waals surface area (Å²) in [5.41, 5.74) is 8.68. The van der Waals surface area contributed by atoms with Crippen molar-refractivity contribution in [3.63, 3.8) is 0 Å². The molecule has 0 amide bonds. The molecule has 1 aliphatic carbocycles. The number of rotatable bonds is 5. The van der Waals surface area contributed by atoms with Crippen LogP contribution in [0.2, 0.25) is 0 Å². The molecule has 0 aliphatic heterocycles. The number of hydrogen-bond acceptors (Lipinski definition) is 4. The molecule has 0 aromatic rings. The molecule has 23 heavy (non-hydrogen) atoms. The first-order chi connectivity index (χ1) is 10.6. The van der Waals surface area contributed by atoms with Crippen LogP contribution in [-0.2, 0) is 4.79 Å². The Morgan fingerprint density at radius 1 is 1.35 bits per heavy atom. The van der Waals surface area contributed by atoms with E-state index in [1.165, 1.54) is 6.92 Å². The zero-order valence-corrected chi connectivity index (χ0v) is 11.9. The van der Waals surface area contributed by atoms with E-state index in [-0.39, 0.29) is 0 Å². The van der Waals surface area contributed by atoms with Gasteiger partial charge in [0.15, 0.2) is 5.70 Å². The summed E-state index contributed by atoms with van der Waals surface area (Å²) in [7, 11) is 0. The van der Waals surface area contributed by atoms with Gasteiger partial charge in [0.1, 0.15) is 23.6 Å². The molecular weight excluding hydrogens is 322 g/mol. The first kappa shape index (κ1) is 18.7. The van der Waals surface area contributed by atoms with E-state index >= 15 is 0 Å². The van der Waals surface area contributed by atoms with Crippen LogP contribution in [0.3, 0.4) is 0 Å². The highest BCUT2D eigenvalue weighted by atomic mass is 19.3. The van der Waals surface area contributed by atoms with Crippen LogP contribution < -0.4 is 11.5 Å². The fraction of sp³-hybridized carbons (Fsp3) is 0.385. The average molecular weight is 337 g/mol. The van der Waals surface area contributed by atoms with Crippen molar-refractivity contribution in [2.45, 2.75) is 25.6 Å². The van der Waals surface area contributed by atoms with Crippen molar-refractivity contribution >= 4 is 11.8 Å². The van der Waals surface area contributed by atoms with E-state index in [1.54, 1.807) is 0 Å². The predicted octanol–water partition coefficient (Wildman–Crippen LogP) is 1.56. The second-order valence-electron chi connectivity index (χ2n) is 4.77. The molecule has 0 spiro atoms. The monoisotopic (exact) mass is 337 g/mol. The number of alkyl halides is 3. The Morgan fingerprint density at radius 2 is 1.91 bits per heavy atom. The van der Waals surface area contributed by atoms with Crippen LogP contribution in [-0.4, -0.2) is 40.7 Å². The second-order valence-corrected chi connectivity index (χ2v) is 4.77. The second kappa shape index (κ2) is 7.27. The van der Waals surface area contributed by atoms with Gasteiger partial charge in [0.05, 0.1) is 17.5 Å². The summed E-state index contributed by atoms with van der Waals surface area (Å²) >= 11 is 0. The molecule has 1 rings (SSSR count). The van der Waals surface area contributed by atoms with Crippen molar-refractivity contribution in [3.05, 3.63) is 35.0 Å². The van der Waals surface area contributed by atoms with E-state index in [1.807, 2.05) is 0 Å². The first-order valence-corrected chi connectivity index (χ1v) is 6.33. The number of allylic oxidation sites excluding steroid dienone is 3. The van der Waals surface area contributed by atoms with Crippen LogP contribution in [0.4, 0.5) is 17.6 Å². The van der Waals surface area contributed by atoms with Crippen LogP contribution in [0, 0.1) is 5.92 Å². The number of aliphatic hydroxyl groups excluding tert-OH is 1. The summed E-state index contributed by atoms with van der Waals surface area (Å²) in [6.07, 6.45) is -4.51. The number of carboxylic acids is 1. The molecule has 0 aromatic heterocycles. The zero-order valence-electron chi connectivity index (χ0n) is 11.9. The molecule has 0 heterocycles. The molecule has 3 unspecified atom stereocenters. The molecule has 10 heteroatoms. The third kappa shape index (κ3) is 4.31. The normalized spacial score (nSPS) is 24.7. The number of nitrogens with two attached hydrogens (primary N) is 2. The highest BCUT2D eigenvalue weighted by molar-refractivity contribution is 5.94. The lowest BCUT2D eigenvalue weighted by atomic mass is 9.93. The molecule has 3 atom stereocenters. The number of carbonyl (C=O) groups is 1. The van der Waals surface area contributed by atoms with E-state index in [0.29, 0.717) is 12.2 Å². The smallest absolute Gasteiger partial charge is 0.358 e. The van der Waals surface area contributed by atoms with Gasteiger partial charge in [-0.1, -0.05) is 0 Å². The lowest BCUT2D eigenvalue weighted by Crippen LogP contribution is -2.33. The Morgan fingerprint density at radius 3 is 2.35 bits per heavy atom. The highest BCUT2D eigenvalue weighted by Gasteiger charge is 2.32. The molecule has 6 nitrogen and oxygen atoms in total. The Bertz CT molecular complexity index is 612. The number of hydrogen-bond donors (Lipinski definition) is 4. The fourth-order valence-corrected chi connectivity index (χ4v) is 1.76. The predicted molar refractivity (Wildman–Crippen MR) is 74.2 cm³/mol. The van der Waals surface area contributed by atoms with E-state index in [4.69, 9.17) is 16.6 Å². The molecular formula is C13H15F4N3O3. The molecule has 128 valence electrons. The van der Waals surface area contributed by atoms with Crippen molar-refractivity contribution in [3.8, 4) is 0 Å². The van der Waals surface area contributed by atoms with Crippen molar-refractivity contribution in [2.75, 3.05) is 0 Å². The summed E-state index contributed by atoms with van der Waals surface area (Å²) in [6, 6.07) is -1.09. The van der Waals surface area contributed by atoms with Crippen molar-refractivity contribution < 1.29 is 32.6 Å². The third-order valence-electron chi connectivity index (χ3n) is 2.98. The highest BCUT2D eigenvalue weighted by Crippen LogP contribution is 2.30. The van der Waals surface area contributed by atoms with E-state index < -0.39 is 59.2 Å². The number of aliphatic imine (C=N–C) groups is 1. The van der Waals surface area contributed by atoms with Gasteiger partial charge in [-0.05, 0) is 19.1 Å². The molecule has 0 fully saturated rings. The molecule has 0 radical (unpaired) electrons. The topological polar surface area (TPSA) is 122 Å². The number of aliphatic hydroxyl groups is 1. The molecule has 1 aliphatic rings. The maximum atomic E-state index is 13.9. The van der Waals surface area contributed by atoms with Crippen molar-refractivity contribution in [2.24, 2.45) is 22.4 Å². The van der Waals surface area contributed by atoms with Gasteiger partial charge in [-0.15, -0.1) is 0 Å². The minimum Gasteiger partial charge on any atom is -0.508 e. The Hall–Kier alpha value is -2.36. The van der Waals surface area contributed by atoms with Crippen LogP contribution in [0.5, 0.6) is 0 Å². The lowest BCUT2D eigenvalue weighted by molar-refractivity contribution is -0.132. The number of carboxylic acid groups (broad SMARTS) is 1. The van der Waals surface area contributed by atoms with Gasteiger partial charge in [-0.25, -0.2) is 27.3 Å². The number of halogens is 4. The SMILES string of the molecule is CC(N)/C(O)=C(\N=C(N)C1C=C(F)C(C(F)F)=CC1F)C(=O)O. The standard InChI is InChI=1S/C13H15F4N3O3/c1-4(18)10(21)9(13(22)23)20-12(19)6-3-7(14)5(11(16)17)2-8(6)15/h2-4,6,8,11,21H,18H2,1H3,(H2,19,20)(H,22,23)/b10-9+. The molecule has 0 bridgehead atoms. The van der Waals surface area contributed by atoms with Gasteiger partial charge in [-0.3, -0.25) is 0 Å². The number of aliphatic carboxylic acids is 1. The van der Waals surface area contributed by atoms with Gasteiger partial charge in [-0.2, -0.15) is 0 Å². The van der Waals surface area contributed by atoms with Crippen molar-refractivity contribution in [1.29, 1.82) is 0 Å². The Labute approximate surface area is 128 Å². The van der Waals surface area contributed by atoms with Gasteiger partial charge in [0.25, 0.3) is 6.43 Å². The summed E-state index contributed by atoms with van der Waals surface area (Å²) in [5, 5.41) is 18.5. The summed E-state index contributed by atoms with van der Waals surface area (Å²) in [4.78, 5) is 14.4. The van der Waals surface area contributed by atoms with Gasteiger partial charge in [0.2, 0.25) is 0 Å². The Balaban J connectivity index is 3.22. The molecule has 6 N–H and O–H groups in total. The number of amidine groups is 1. The minimum atomic E-state index is -3.21. The van der Waals surface area contributed by atoms with Crippen LogP contribution in [0.25, 0.3) is 0 Å². The van der Waals surface area contributed by atoms with Crippen molar-refractivity contribution in [1.82, 2.24) is 0 Å². The van der Waals surface area contributed by atoms with Gasteiger partial charge < -0.3 is 21.7 Å². The molecule has 0 saturated heterocycles. The molecule has 0 saturated carbocycles. The van der Waals surface area contributed by atoms with Crippen LogP contribution >= 0.6 is 0 Å². The average Bonchev–Trinajstić information content (AvgIpc) is 2.44. The Kier molecular flexibility index (Phi) is 5.91. The fourth-order valence-electron chi connectivity index (χ4n) is 1.76. The summed E-state index contributed by atoms with van der Waals surface area (Å²) < 4.78 is 52.3. The zero-order chi connectivity index (χ0) is 17.9. The summed E-state index contributed by atoms with van der Waals surface area (Å²) in [5.74, 6) is -6.19. The van der Waals surface area contributed by atoms with Gasteiger partial charge >= 0.3 is 5.97 Å². The summed E-state index contributed by atoms with van der Waals surface area (Å²) in [6.45, 7) is 1.26. The molecule has 0 aromatic carbocycles. The maximum Gasteiger partial charge on any atom is 0.358 e. The van der Waals surface area contributed by atoms with Crippen LogP contribution in [0.1, 0.15) is 6.92 Å². The largest absolute Gasteiger partial charge is 0.508 e. The quantitative estimate of drug-likeness (QED) is 0.199. The number of nitrogens with zero attached hydrogens (tertiary/aromatic N) is 1. The maximum absolute atomic E-state index is 13.9. The minimum absolute atomic E-state index is 0.350. The van der Waals surface area contributed by atoms with E-state index in [0.717, 1.165) is 0 Å². The van der Waals surface area contributed by atoms with Gasteiger partial charge in [0, 0.05) is 0 Å². The first-order valence-electron chi connectivity index (χ1n) is 6.33. The lowest BCUT2D eigenvalue weighted by Gasteiger charge is -2.21. The third-order valence-corrected chi connectivity index (χ3v) is 2.98. The van der Waals surface area contributed by atoms with Crippen LogP contribution in [0.15, 0.2) is 40.0 Å². The van der Waals surface area contributed by atoms with E-state index in [2.05, 4.69) is 4.99 Å².